The first-order chi connectivity index (χ1) is 11.9. The molecular formula is C18H26N4O3. The molecular weight excluding hydrogens is 320 g/mol. The second-order valence-corrected chi connectivity index (χ2v) is 7.12. The largest absolute Gasteiger partial charge is 0.495 e. The minimum atomic E-state index is -0.421. The Kier molecular flexibility index (Phi) is 4.96. The summed E-state index contributed by atoms with van der Waals surface area (Å²) < 4.78 is 5.26. The minimum absolute atomic E-state index is 0.0433. The lowest BCUT2D eigenvalue weighted by Crippen LogP contribution is -2.49. The van der Waals surface area contributed by atoms with Gasteiger partial charge in [0.1, 0.15) is 5.75 Å². The number of carbonyl (C=O) groups excluding carboxylic acids is 2. The summed E-state index contributed by atoms with van der Waals surface area (Å²) in [5.74, 6) is 0.597. The van der Waals surface area contributed by atoms with Gasteiger partial charge in [-0.25, -0.2) is 0 Å². The monoisotopic (exact) mass is 346 g/mol. The molecule has 3 N–H and O–H groups in total. The number of benzene rings is 1. The van der Waals surface area contributed by atoms with Gasteiger partial charge >= 0.3 is 0 Å². The number of likely N-dealkylation sites (tertiary alicyclic amines) is 1. The predicted molar refractivity (Wildman–Crippen MR) is 95.7 cm³/mol. The van der Waals surface area contributed by atoms with Gasteiger partial charge in [0.15, 0.2) is 0 Å². The van der Waals surface area contributed by atoms with Gasteiger partial charge in [-0.15, -0.1) is 0 Å². The van der Waals surface area contributed by atoms with Crippen LogP contribution in [-0.4, -0.2) is 63.6 Å². The normalized spacial score (nSPS) is 25.5. The number of anilines is 1. The van der Waals surface area contributed by atoms with Gasteiger partial charge in [0.2, 0.25) is 11.8 Å². The highest BCUT2D eigenvalue weighted by atomic mass is 16.5. The number of rotatable bonds is 5. The van der Waals surface area contributed by atoms with Crippen molar-refractivity contribution in [1.82, 2.24) is 15.5 Å². The summed E-state index contributed by atoms with van der Waals surface area (Å²) in [6.45, 7) is 5.05. The summed E-state index contributed by atoms with van der Waals surface area (Å²) in [6, 6.07) is 5.57. The molecule has 2 heterocycles. The summed E-state index contributed by atoms with van der Waals surface area (Å²) in [6.07, 6.45) is 0. The maximum atomic E-state index is 12.7. The van der Waals surface area contributed by atoms with Gasteiger partial charge in [-0.1, -0.05) is 6.07 Å². The van der Waals surface area contributed by atoms with Crippen LogP contribution in [0.4, 0.5) is 5.69 Å². The zero-order valence-electron chi connectivity index (χ0n) is 15.0. The molecule has 0 unspecified atom stereocenters. The summed E-state index contributed by atoms with van der Waals surface area (Å²) in [7, 11) is 3.59. The fourth-order valence-electron chi connectivity index (χ4n) is 3.94. The average Bonchev–Trinajstić information content (AvgIpc) is 3.09. The molecule has 0 saturated carbocycles. The molecule has 3 rings (SSSR count). The van der Waals surface area contributed by atoms with E-state index in [-0.39, 0.29) is 18.4 Å². The first kappa shape index (κ1) is 17.7. The molecule has 25 heavy (non-hydrogen) atoms. The number of carbonyl (C=O) groups is 2. The van der Waals surface area contributed by atoms with Gasteiger partial charge in [0.05, 0.1) is 24.8 Å². The molecule has 1 aromatic carbocycles. The molecule has 2 aliphatic rings. The Labute approximate surface area is 148 Å². The second kappa shape index (κ2) is 7.01. The van der Waals surface area contributed by atoms with E-state index in [1.165, 1.54) is 0 Å². The Hall–Kier alpha value is -2.12. The first-order valence-electron chi connectivity index (χ1n) is 8.56. The highest BCUT2D eigenvalue weighted by molar-refractivity contribution is 5.96. The summed E-state index contributed by atoms with van der Waals surface area (Å²) in [4.78, 5) is 27.2. The number of methoxy groups -OCH3 is 1. The predicted octanol–water partition coefficient (Wildman–Crippen LogP) is 0.210. The minimum Gasteiger partial charge on any atom is -0.495 e. The van der Waals surface area contributed by atoms with E-state index in [0.717, 1.165) is 25.2 Å². The van der Waals surface area contributed by atoms with Crippen molar-refractivity contribution in [3.8, 4) is 5.75 Å². The van der Waals surface area contributed by atoms with E-state index in [1.807, 2.05) is 32.2 Å². The second-order valence-electron chi connectivity index (χ2n) is 7.12. The number of fused-ring (bicyclic) bond motifs is 1. The van der Waals surface area contributed by atoms with Crippen LogP contribution in [0, 0.1) is 18.3 Å². The van der Waals surface area contributed by atoms with E-state index in [2.05, 4.69) is 20.9 Å². The number of amides is 2. The molecule has 2 aliphatic heterocycles. The number of hydrogen-bond acceptors (Lipinski definition) is 5. The zero-order chi connectivity index (χ0) is 18.0. The molecule has 7 nitrogen and oxygen atoms in total. The summed E-state index contributed by atoms with van der Waals surface area (Å²) in [5, 5.41) is 8.94. The van der Waals surface area contributed by atoms with Crippen LogP contribution in [0.2, 0.25) is 0 Å². The Morgan fingerprint density at radius 1 is 1.44 bits per heavy atom. The van der Waals surface area contributed by atoms with Crippen LogP contribution >= 0.6 is 0 Å². The van der Waals surface area contributed by atoms with Gasteiger partial charge in [0, 0.05) is 32.1 Å². The van der Waals surface area contributed by atoms with Crippen LogP contribution in [0.15, 0.2) is 18.2 Å². The molecule has 7 heteroatoms. The number of nitrogens with one attached hydrogen (secondary N) is 3. The van der Waals surface area contributed by atoms with E-state index >= 15 is 0 Å². The van der Waals surface area contributed by atoms with Crippen LogP contribution in [0.5, 0.6) is 5.75 Å². The molecule has 2 amide bonds. The Balaban J connectivity index is 1.59. The van der Waals surface area contributed by atoms with Crippen molar-refractivity contribution in [1.29, 1.82) is 0 Å². The molecule has 0 bridgehead atoms. The summed E-state index contributed by atoms with van der Waals surface area (Å²) in [5.41, 5.74) is 1.21. The van der Waals surface area contributed by atoms with E-state index in [4.69, 9.17) is 4.74 Å². The molecule has 136 valence electrons. The molecule has 1 aromatic rings. The van der Waals surface area contributed by atoms with Gasteiger partial charge in [0.25, 0.3) is 0 Å². The van der Waals surface area contributed by atoms with E-state index in [1.54, 1.807) is 7.11 Å². The van der Waals surface area contributed by atoms with Crippen LogP contribution in [0.3, 0.4) is 0 Å². The number of aryl methyl sites for hydroxylation is 1. The topological polar surface area (TPSA) is 82.7 Å². The maximum absolute atomic E-state index is 12.7. The third kappa shape index (κ3) is 3.48. The lowest BCUT2D eigenvalue weighted by molar-refractivity contribution is -0.132. The average molecular weight is 346 g/mol. The Bertz CT molecular complexity index is 678. The Morgan fingerprint density at radius 2 is 2.24 bits per heavy atom. The molecule has 0 aromatic heterocycles. The van der Waals surface area contributed by atoms with Crippen LogP contribution < -0.4 is 20.7 Å². The Morgan fingerprint density at radius 3 is 3.00 bits per heavy atom. The highest BCUT2D eigenvalue weighted by Gasteiger charge is 2.53. The van der Waals surface area contributed by atoms with Gasteiger partial charge in [-0.3, -0.25) is 9.59 Å². The van der Waals surface area contributed by atoms with Crippen molar-refractivity contribution in [3.63, 3.8) is 0 Å². The van der Waals surface area contributed by atoms with Crippen LogP contribution in [0.1, 0.15) is 5.56 Å². The van der Waals surface area contributed by atoms with Crippen molar-refractivity contribution < 1.29 is 14.3 Å². The van der Waals surface area contributed by atoms with Crippen molar-refractivity contribution in [3.05, 3.63) is 23.8 Å². The fourth-order valence-corrected chi connectivity index (χ4v) is 3.94. The molecule has 0 aliphatic carbocycles. The molecule has 2 fully saturated rings. The van der Waals surface area contributed by atoms with Crippen molar-refractivity contribution in [2.45, 2.75) is 6.92 Å². The third-order valence-electron chi connectivity index (χ3n) is 5.19. The fraction of sp³-hybridized carbons (Fsp3) is 0.556. The van der Waals surface area contributed by atoms with E-state index in [9.17, 15) is 9.59 Å². The number of ether oxygens (including phenoxy) is 1. The lowest BCUT2D eigenvalue weighted by Gasteiger charge is -2.26. The lowest BCUT2D eigenvalue weighted by atomic mass is 9.80. The first-order valence-corrected chi connectivity index (χ1v) is 8.56. The molecule has 0 radical (unpaired) electrons. The van der Waals surface area contributed by atoms with E-state index in [0.29, 0.717) is 23.9 Å². The molecule has 2 saturated heterocycles. The van der Waals surface area contributed by atoms with Crippen molar-refractivity contribution in [2.75, 3.05) is 52.2 Å². The quantitative estimate of drug-likeness (QED) is 0.710. The smallest absolute Gasteiger partial charge is 0.243 e. The van der Waals surface area contributed by atoms with Gasteiger partial charge in [-0.2, -0.15) is 0 Å². The number of nitrogens with zero attached hydrogens (tertiary/aromatic N) is 1. The van der Waals surface area contributed by atoms with Crippen molar-refractivity contribution in [2.24, 2.45) is 11.3 Å². The van der Waals surface area contributed by atoms with Crippen LogP contribution in [0.25, 0.3) is 0 Å². The van der Waals surface area contributed by atoms with Crippen LogP contribution in [-0.2, 0) is 9.59 Å². The van der Waals surface area contributed by atoms with E-state index < -0.39 is 5.41 Å². The molecule has 0 spiro atoms. The summed E-state index contributed by atoms with van der Waals surface area (Å²) >= 11 is 0. The SMILES string of the molecule is COc1ccc(C)cc1NC(=O)CNC(=O)[C@@]12CNC[C@@H]1CN(C)C2. The van der Waals surface area contributed by atoms with Crippen molar-refractivity contribution >= 4 is 17.5 Å². The highest BCUT2D eigenvalue weighted by Crippen LogP contribution is 2.38. The number of hydrogen-bond donors (Lipinski definition) is 3. The standard InChI is InChI=1S/C18H26N4O3/c1-12-4-5-15(25-3)14(6-12)21-16(23)8-20-17(24)18-10-19-7-13(18)9-22(2)11-18/h4-6,13,19H,7-11H2,1-3H3,(H,20,24)(H,21,23)/t13-,18-/m1/s1. The third-order valence-corrected chi connectivity index (χ3v) is 5.19. The zero-order valence-corrected chi connectivity index (χ0v) is 15.0. The van der Waals surface area contributed by atoms with Gasteiger partial charge in [-0.05, 0) is 31.7 Å². The maximum Gasteiger partial charge on any atom is 0.243 e. The molecule has 2 atom stereocenters. The van der Waals surface area contributed by atoms with Gasteiger partial charge < -0.3 is 25.6 Å².